The van der Waals surface area contributed by atoms with Crippen LogP contribution in [-0.2, 0) is 6.61 Å². The first-order valence-corrected chi connectivity index (χ1v) is 5.43. The lowest BCUT2D eigenvalue weighted by Crippen LogP contribution is -2.05. The van der Waals surface area contributed by atoms with E-state index in [0.29, 0.717) is 23.9 Å². The third-order valence-corrected chi connectivity index (χ3v) is 2.30. The SMILES string of the molecule is Cc1cc(C)nc(COc2ccccc2N)n1. The molecule has 0 aliphatic rings. The van der Waals surface area contributed by atoms with Crippen molar-refractivity contribution in [2.24, 2.45) is 0 Å². The van der Waals surface area contributed by atoms with Gasteiger partial charge in [0.05, 0.1) is 5.69 Å². The van der Waals surface area contributed by atoms with Gasteiger partial charge < -0.3 is 10.5 Å². The first kappa shape index (κ1) is 11.4. The van der Waals surface area contributed by atoms with Crippen molar-refractivity contribution in [1.82, 2.24) is 9.97 Å². The van der Waals surface area contributed by atoms with Crippen LogP contribution in [0.1, 0.15) is 17.2 Å². The lowest BCUT2D eigenvalue weighted by atomic mass is 10.3. The highest BCUT2D eigenvalue weighted by Crippen LogP contribution is 2.20. The number of aryl methyl sites for hydroxylation is 2. The molecule has 1 aromatic carbocycles. The third-order valence-electron chi connectivity index (χ3n) is 2.30. The van der Waals surface area contributed by atoms with E-state index in [1.807, 2.05) is 38.1 Å². The van der Waals surface area contributed by atoms with E-state index in [9.17, 15) is 0 Å². The van der Waals surface area contributed by atoms with Crippen molar-refractivity contribution < 1.29 is 4.74 Å². The van der Waals surface area contributed by atoms with Crippen LogP contribution in [0.25, 0.3) is 0 Å². The highest BCUT2D eigenvalue weighted by Gasteiger charge is 2.03. The van der Waals surface area contributed by atoms with Crippen LogP contribution in [0.3, 0.4) is 0 Å². The number of nitrogens with two attached hydrogens (primary N) is 1. The summed E-state index contributed by atoms with van der Waals surface area (Å²) < 4.78 is 5.58. The van der Waals surface area contributed by atoms with E-state index in [4.69, 9.17) is 10.5 Å². The van der Waals surface area contributed by atoms with Crippen molar-refractivity contribution in [2.45, 2.75) is 20.5 Å². The fourth-order valence-electron chi connectivity index (χ4n) is 1.62. The van der Waals surface area contributed by atoms with Gasteiger partial charge in [-0.05, 0) is 32.0 Å². The topological polar surface area (TPSA) is 61.0 Å². The van der Waals surface area contributed by atoms with E-state index in [2.05, 4.69) is 9.97 Å². The molecule has 17 heavy (non-hydrogen) atoms. The first-order valence-electron chi connectivity index (χ1n) is 5.43. The minimum Gasteiger partial charge on any atom is -0.483 e. The Morgan fingerprint density at radius 1 is 1.12 bits per heavy atom. The molecular formula is C13H15N3O. The van der Waals surface area contributed by atoms with Gasteiger partial charge in [0.1, 0.15) is 12.4 Å². The fraction of sp³-hybridized carbons (Fsp3) is 0.231. The highest BCUT2D eigenvalue weighted by atomic mass is 16.5. The second-order valence-corrected chi connectivity index (χ2v) is 3.89. The predicted octanol–water partition coefficient (Wildman–Crippen LogP) is 2.25. The molecule has 0 amide bonds. The van der Waals surface area contributed by atoms with E-state index >= 15 is 0 Å². The predicted molar refractivity (Wildman–Crippen MR) is 66.7 cm³/mol. The molecule has 1 heterocycles. The molecule has 0 aliphatic heterocycles. The molecule has 88 valence electrons. The van der Waals surface area contributed by atoms with Crippen LogP contribution < -0.4 is 10.5 Å². The van der Waals surface area contributed by atoms with E-state index in [-0.39, 0.29) is 0 Å². The molecule has 4 nitrogen and oxygen atoms in total. The zero-order valence-corrected chi connectivity index (χ0v) is 9.97. The molecule has 2 N–H and O–H groups in total. The number of hydrogen-bond acceptors (Lipinski definition) is 4. The minimum atomic E-state index is 0.330. The summed E-state index contributed by atoms with van der Waals surface area (Å²) in [6.45, 7) is 4.21. The van der Waals surface area contributed by atoms with E-state index in [1.54, 1.807) is 6.07 Å². The molecule has 0 bridgehead atoms. The van der Waals surface area contributed by atoms with Crippen molar-refractivity contribution in [3.05, 3.63) is 47.5 Å². The zero-order valence-electron chi connectivity index (χ0n) is 9.97. The van der Waals surface area contributed by atoms with E-state index in [0.717, 1.165) is 11.4 Å². The molecule has 0 fully saturated rings. The second-order valence-electron chi connectivity index (χ2n) is 3.89. The summed E-state index contributed by atoms with van der Waals surface area (Å²) in [5.74, 6) is 1.33. The summed E-state index contributed by atoms with van der Waals surface area (Å²) in [6.07, 6.45) is 0. The Hall–Kier alpha value is -2.10. The Morgan fingerprint density at radius 3 is 2.41 bits per heavy atom. The number of nitrogen functional groups attached to an aromatic ring is 1. The molecule has 0 unspecified atom stereocenters. The Bertz CT molecular complexity index is 506. The summed E-state index contributed by atoms with van der Waals surface area (Å²) in [6, 6.07) is 9.32. The lowest BCUT2D eigenvalue weighted by molar-refractivity contribution is 0.297. The average molecular weight is 229 g/mol. The number of nitrogens with zero attached hydrogens (tertiary/aromatic N) is 2. The molecule has 0 saturated heterocycles. The second kappa shape index (κ2) is 4.82. The monoisotopic (exact) mass is 229 g/mol. The average Bonchev–Trinajstić information content (AvgIpc) is 2.27. The summed E-state index contributed by atoms with van der Waals surface area (Å²) in [5, 5.41) is 0. The molecule has 1 aromatic heterocycles. The molecule has 0 saturated carbocycles. The highest BCUT2D eigenvalue weighted by molar-refractivity contribution is 5.51. The molecular weight excluding hydrogens is 214 g/mol. The summed E-state index contributed by atoms with van der Waals surface area (Å²) in [5.41, 5.74) is 8.28. The normalized spacial score (nSPS) is 10.2. The Labute approximate surface area is 100 Å². The van der Waals surface area contributed by atoms with Crippen LogP contribution in [0.4, 0.5) is 5.69 Å². The quantitative estimate of drug-likeness (QED) is 0.820. The number of benzene rings is 1. The molecule has 0 aliphatic carbocycles. The molecule has 4 heteroatoms. The van der Waals surface area contributed by atoms with Crippen molar-refractivity contribution >= 4 is 5.69 Å². The minimum absolute atomic E-state index is 0.330. The lowest BCUT2D eigenvalue weighted by Gasteiger charge is -2.08. The maximum Gasteiger partial charge on any atom is 0.166 e. The molecule has 0 radical (unpaired) electrons. The number of ether oxygens (including phenoxy) is 1. The molecule has 0 spiro atoms. The van der Waals surface area contributed by atoms with Crippen molar-refractivity contribution in [3.63, 3.8) is 0 Å². The zero-order chi connectivity index (χ0) is 12.3. The van der Waals surface area contributed by atoms with Gasteiger partial charge in [-0.25, -0.2) is 9.97 Å². The number of hydrogen-bond donors (Lipinski definition) is 1. The number of aromatic nitrogens is 2. The third kappa shape index (κ3) is 2.93. The van der Waals surface area contributed by atoms with Gasteiger partial charge in [-0.2, -0.15) is 0 Å². The van der Waals surface area contributed by atoms with Gasteiger partial charge in [-0.15, -0.1) is 0 Å². The van der Waals surface area contributed by atoms with Gasteiger partial charge in [0, 0.05) is 11.4 Å². The summed E-state index contributed by atoms with van der Waals surface area (Å²) in [7, 11) is 0. The largest absolute Gasteiger partial charge is 0.483 e. The van der Waals surface area contributed by atoms with Crippen molar-refractivity contribution in [2.75, 3.05) is 5.73 Å². The van der Waals surface area contributed by atoms with Gasteiger partial charge in [0.25, 0.3) is 0 Å². The molecule has 0 atom stereocenters. The standard InChI is InChI=1S/C13H15N3O/c1-9-7-10(2)16-13(15-9)8-17-12-6-4-3-5-11(12)14/h3-7H,8,14H2,1-2H3. The summed E-state index contributed by atoms with van der Waals surface area (Å²) >= 11 is 0. The number of para-hydroxylation sites is 2. The number of anilines is 1. The van der Waals surface area contributed by atoms with Crippen LogP contribution >= 0.6 is 0 Å². The van der Waals surface area contributed by atoms with Crippen LogP contribution in [0.2, 0.25) is 0 Å². The Morgan fingerprint density at radius 2 is 1.76 bits per heavy atom. The molecule has 2 rings (SSSR count). The molecule has 2 aromatic rings. The van der Waals surface area contributed by atoms with Gasteiger partial charge in [-0.1, -0.05) is 12.1 Å². The van der Waals surface area contributed by atoms with Gasteiger partial charge in [-0.3, -0.25) is 0 Å². The Kier molecular flexibility index (Phi) is 3.23. The van der Waals surface area contributed by atoms with Crippen molar-refractivity contribution in [1.29, 1.82) is 0 Å². The van der Waals surface area contributed by atoms with Crippen molar-refractivity contribution in [3.8, 4) is 5.75 Å². The number of rotatable bonds is 3. The Balaban J connectivity index is 2.10. The van der Waals surface area contributed by atoms with Gasteiger partial charge >= 0.3 is 0 Å². The van der Waals surface area contributed by atoms with E-state index < -0.39 is 0 Å². The van der Waals surface area contributed by atoms with Gasteiger partial charge in [0.15, 0.2) is 5.82 Å². The van der Waals surface area contributed by atoms with Crippen LogP contribution in [0.15, 0.2) is 30.3 Å². The smallest absolute Gasteiger partial charge is 0.166 e. The van der Waals surface area contributed by atoms with Gasteiger partial charge in [0.2, 0.25) is 0 Å². The fourth-order valence-corrected chi connectivity index (χ4v) is 1.62. The van der Waals surface area contributed by atoms with Crippen LogP contribution in [0, 0.1) is 13.8 Å². The van der Waals surface area contributed by atoms with E-state index in [1.165, 1.54) is 0 Å². The summed E-state index contributed by atoms with van der Waals surface area (Å²) in [4.78, 5) is 8.60. The van der Waals surface area contributed by atoms with Crippen LogP contribution in [-0.4, -0.2) is 9.97 Å². The van der Waals surface area contributed by atoms with Crippen LogP contribution in [0.5, 0.6) is 5.75 Å². The first-order chi connectivity index (χ1) is 8.15. The maximum atomic E-state index is 5.78. The maximum absolute atomic E-state index is 5.78.